The molecule has 0 unspecified atom stereocenters. The Morgan fingerprint density at radius 2 is 1.83 bits per heavy atom. The van der Waals surface area contributed by atoms with Gasteiger partial charge in [-0.15, -0.1) is 11.3 Å². The minimum atomic E-state index is 0.225. The highest BCUT2D eigenvalue weighted by Crippen LogP contribution is 2.28. The number of halogens is 1. The van der Waals surface area contributed by atoms with Crippen molar-refractivity contribution in [3.8, 4) is 11.3 Å². The molecule has 0 spiro atoms. The van der Waals surface area contributed by atoms with Gasteiger partial charge in [-0.1, -0.05) is 23.7 Å². The van der Waals surface area contributed by atoms with Gasteiger partial charge in [0.25, 0.3) is 0 Å². The molecule has 4 rings (SSSR count). The van der Waals surface area contributed by atoms with Gasteiger partial charge in [-0.3, -0.25) is 0 Å². The van der Waals surface area contributed by atoms with Gasteiger partial charge in [-0.25, -0.2) is 9.97 Å². The van der Waals surface area contributed by atoms with Crippen molar-refractivity contribution in [1.82, 2.24) is 15.0 Å². The maximum Gasteiger partial charge on any atom is 0.222 e. The largest absolute Gasteiger partial charge is 0.383 e. The number of aryl methyl sites for hydroxylation is 1. The van der Waals surface area contributed by atoms with Gasteiger partial charge < -0.3 is 16.4 Å². The van der Waals surface area contributed by atoms with Gasteiger partial charge in [0.1, 0.15) is 5.82 Å². The van der Waals surface area contributed by atoms with Crippen LogP contribution in [0.4, 0.5) is 17.5 Å². The molecule has 0 atom stereocenters. The van der Waals surface area contributed by atoms with E-state index in [4.69, 9.17) is 17.3 Å². The van der Waals surface area contributed by atoms with Crippen LogP contribution in [0.25, 0.3) is 21.5 Å². The Balaban J connectivity index is 1.41. The fraction of sp³-hybridized carbons (Fsp3) is 0.190. The fourth-order valence-electron chi connectivity index (χ4n) is 3.13. The molecule has 29 heavy (non-hydrogen) atoms. The lowest BCUT2D eigenvalue weighted by atomic mass is 10.1. The van der Waals surface area contributed by atoms with E-state index in [-0.39, 0.29) is 5.95 Å². The third-order valence-corrected chi connectivity index (χ3v) is 5.89. The van der Waals surface area contributed by atoms with E-state index in [2.05, 4.69) is 31.7 Å². The summed E-state index contributed by atoms with van der Waals surface area (Å²) in [6.45, 7) is 5.41. The lowest BCUT2D eigenvalue weighted by Gasteiger charge is -2.11. The molecule has 0 fully saturated rings. The topological polar surface area (TPSA) is 88.8 Å². The minimum absolute atomic E-state index is 0.225. The number of hydrogen-bond donors (Lipinski definition) is 3. The normalized spacial score (nSPS) is 11.0. The Morgan fingerprint density at radius 1 is 1.00 bits per heavy atom. The number of nitrogens with two attached hydrogens (primary N) is 1. The van der Waals surface area contributed by atoms with Crippen LogP contribution in [0.1, 0.15) is 10.6 Å². The van der Waals surface area contributed by atoms with Crippen molar-refractivity contribution < 1.29 is 0 Å². The van der Waals surface area contributed by atoms with Gasteiger partial charge in [0.05, 0.1) is 20.9 Å². The molecule has 0 aliphatic heterocycles. The monoisotopic (exact) mass is 424 g/mol. The second-order valence-corrected chi connectivity index (χ2v) is 8.32. The van der Waals surface area contributed by atoms with Crippen molar-refractivity contribution in [3.63, 3.8) is 0 Å². The zero-order chi connectivity index (χ0) is 20.4. The SMILES string of the molecule is Cc1nc2ccc(NCCNc3cc(-c4cccc(Cl)c4C)nc(N)n3)cc2s1. The first kappa shape index (κ1) is 19.4. The van der Waals surface area contributed by atoms with Crippen LogP contribution in [0.2, 0.25) is 5.02 Å². The average molecular weight is 425 g/mol. The Labute approximate surface area is 178 Å². The molecule has 4 aromatic rings. The third-order valence-electron chi connectivity index (χ3n) is 4.54. The summed E-state index contributed by atoms with van der Waals surface area (Å²) in [5.41, 5.74) is 10.7. The second kappa shape index (κ2) is 8.23. The van der Waals surface area contributed by atoms with Gasteiger partial charge in [-0.05, 0) is 43.7 Å². The zero-order valence-electron chi connectivity index (χ0n) is 16.2. The maximum absolute atomic E-state index is 6.24. The predicted octanol–water partition coefficient (Wildman–Crippen LogP) is 5.13. The molecule has 0 saturated carbocycles. The van der Waals surface area contributed by atoms with E-state index in [0.29, 0.717) is 17.4 Å². The van der Waals surface area contributed by atoms with Crippen molar-refractivity contribution >= 4 is 50.6 Å². The summed E-state index contributed by atoms with van der Waals surface area (Å²) in [7, 11) is 0. The van der Waals surface area contributed by atoms with Crippen LogP contribution in [0.5, 0.6) is 0 Å². The summed E-state index contributed by atoms with van der Waals surface area (Å²) in [6, 6.07) is 13.8. The molecule has 0 radical (unpaired) electrons. The number of hydrogen-bond acceptors (Lipinski definition) is 7. The highest BCUT2D eigenvalue weighted by molar-refractivity contribution is 7.18. The Hall–Kier alpha value is -2.90. The summed E-state index contributed by atoms with van der Waals surface area (Å²) >= 11 is 7.94. The first-order chi connectivity index (χ1) is 14.0. The van der Waals surface area contributed by atoms with Crippen molar-refractivity contribution in [2.24, 2.45) is 0 Å². The smallest absolute Gasteiger partial charge is 0.222 e. The van der Waals surface area contributed by atoms with E-state index in [9.17, 15) is 0 Å². The molecular formula is C21H21ClN6S. The highest BCUT2D eigenvalue weighted by atomic mass is 35.5. The molecule has 8 heteroatoms. The zero-order valence-corrected chi connectivity index (χ0v) is 17.7. The van der Waals surface area contributed by atoms with E-state index in [1.165, 1.54) is 4.70 Å². The Kier molecular flexibility index (Phi) is 5.51. The fourth-order valence-corrected chi connectivity index (χ4v) is 4.17. The van der Waals surface area contributed by atoms with Crippen LogP contribution in [0.15, 0.2) is 42.5 Å². The number of fused-ring (bicyclic) bond motifs is 1. The summed E-state index contributed by atoms with van der Waals surface area (Å²) < 4.78 is 1.19. The van der Waals surface area contributed by atoms with Gasteiger partial charge in [0.15, 0.2) is 0 Å². The van der Waals surface area contributed by atoms with E-state index in [1.807, 2.05) is 50.2 Å². The molecule has 0 bridgehead atoms. The number of nitrogens with one attached hydrogen (secondary N) is 2. The first-order valence-electron chi connectivity index (χ1n) is 9.24. The molecule has 0 amide bonds. The molecule has 2 heterocycles. The van der Waals surface area contributed by atoms with Crippen molar-refractivity contribution in [2.75, 3.05) is 29.5 Å². The lowest BCUT2D eigenvalue weighted by Crippen LogP contribution is -2.15. The summed E-state index contributed by atoms with van der Waals surface area (Å²) in [6.07, 6.45) is 0. The van der Waals surface area contributed by atoms with Crippen LogP contribution in [0.3, 0.4) is 0 Å². The molecule has 0 aliphatic carbocycles. The molecule has 0 saturated heterocycles. The molecule has 148 valence electrons. The van der Waals surface area contributed by atoms with Crippen molar-refractivity contribution in [3.05, 3.63) is 58.1 Å². The molecule has 0 aliphatic rings. The van der Waals surface area contributed by atoms with Crippen LogP contribution in [-0.4, -0.2) is 28.0 Å². The molecule has 2 aromatic heterocycles. The molecule has 2 aromatic carbocycles. The van der Waals surface area contributed by atoms with Crippen LogP contribution >= 0.6 is 22.9 Å². The minimum Gasteiger partial charge on any atom is -0.383 e. The molecule has 6 nitrogen and oxygen atoms in total. The number of rotatable bonds is 6. The lowest BCUT2D eigenvalue weighted by molar-refractivity contribution is 1.05. The quantitative estimate of drug-likeness (QED) is 0.372. The van der Waals surface area contributed by atoms with Crippen LogP contribution in [0, 0.1) is 13.8 Å². The Bertz CT molecular complexity index is 1170. The molecule has 4 N–H and O–H groups in total. The first-order valence-corrected chi connectivity index (χ1v) is 10.4. The summed E-state index contributed by atoms with van der Waals surface area (Å²) in [5.74, 6) is 0.908. The van der Waals surface area contributed by atoms with Gasteiger partial charge in [0, 0.05) is 35.4 Å². The standard InChI is InChI=1S/C21H21ClN6S/c1-12-15(4-3-5-16(12)22)18-11-20(28-21(23)27-18)25-9-8-24-14-6-7-17-19(10-14)29-13(2)26-17/h3-7,10-11,24H,8-9H2,1-2H3,(H3,23,25,27,28). The van der Waals surface area contributed by atoms with Gasteiger partial charge >= 0.3 is 0 Å². The van der Waals surface area contributed by atoms with Crippen molar-refractivity contribution in [2.45, 2.75) is 13.8 Å². The van der Waals surface area contributed by atoms with Gasteiger partial charge in [-0.2, -0.15) is 4.98 Å². The number of aromatic nitrogens is 3. The third kappa shape index (κ3) is 4.41. The van der Waals surface area contributed by atoms with Crippen molar-refractivity contribution in [1.29, 1.82) is 0 Å². The number of nitrogen functional groups attached to an aromatic ring is 1. The van der Waals surface area contributed by atoms with E-state index < -0.39 is 0 Å². The van der Waals surface area contributed by atoms with E-state index in [1.54, 1.807) is 11.3 Å². The average Bonchev–Trinajstić information content (AvgIpc) is 3.06. The number of nitrogens with zero attached hydrogens (tertiary/aromatic N) is 3. The predicted molar refractivity (Wildman–Crippen MR) is 123 cm³/mol. The second-order valence-electron chi connectivity index (χ2n) is 6.68. The Morgan fingerprint density at radius 3 is 2.69 bits per heavy atom. The van der Waals surface area contributed by atoms with Crippen LogP contribution < -0.4 is 16.4 Å². The maximum atomic E-state index is 6.24. The highest BCUT2D eigenvalue weighted by Gasteiger charge is 2.09. The van der Waals surface area contributed by atoms with E-state index >= 15 is 0 Å². The summed E-state index contributed by atoms with van der Waals surface area (Å²) in [5, 5.41) is 8.50. The number of benzene rings is 2. The summed E-state index contributed by atoms with van der Waals surface area (Å²) in [4.78, 5) is 13.1. The number of anilines is 3. The van der Waals surface area contributed by atoms with Crippen LogP contribution in [-0.2, 0) is 0 Å². The molecular weight excluding hydrogens is 404 g/mol. The van der Waals surface area contributed by atoms with E-state index in [0.717, 1.165) is 39.6 Å². The van der Waals surface area contributed by atoms with Gasteiger partial charge in [0.2, 0.25) is 5.95 Å². The number of thiazole rings is 1.